The Labute approximate surface area is 144 Å². The highest BCUT2D eigenvalue weighted by Crippen LogP contribution is 2.38. The molecule has 0 fully saturated rings. The quantitative estimate of drug-likeness (QED) is 0.438. The summed E-state index contributed by atoms with van der Waals surface area (Å²) in [6, 6.07) is 8.17. The normalized spacial score (nSPS) is 10.7. The molecule has 0 spiro atoms. The predicted octanol–water partition coefficient (Wildman–Crippen LogP) is 4.44. The maximum Gasteiger partial charge on any atom is 0.288 e. The van der Waals surface area contributed by atoms with Gasteiger partial charge in [-0.05, 0) is 29.3 Å². The number of nitro groups is 1. The van der Waals surface area contributed by atoms with Crippen LogP contribution in [0.3, 0.4) is 0 Å². The Morgan fingerprint density at radius 2 is 1.54 bits per heavy atom. The first kappa shape index (κ1) is 17.6. The van der Waals surface area contributed by atoms with E-state index < -0.39 is 4.92 Å². The Kier molecular flexibility index (Phi) is 5.65. The smallest absolute Gasteiger partial charge is 0.288 e. The van der Waals surface area contributed by atoms with Crippen molar-refractivity contribution >= 4 is 29.4 Å². The van der Waals surface area contributed by atoms with Crippen molar-refractivity contribution in [3.63, 3.8) is 0 Å². The van der Waals surface area contributed by atoms with E-state index in [1.54, 1.807) is 30.4 Å². The molecule has 0 aliphatic heterocycles. The lowest BCUT2D eigenvalue weighted by atomic mass is 10.1. The van der Waals surface area contributed by atoms with Gasteiger partial charge in [-0.1, -0.05) is 29.8 Å². The molecule has 0 aliphatic carbocycles. The number of methoxy groups -OCH3 is 3. The number of rotatable bonds is 6. The van der Waals surface area contributed by atoms with E-state index in [2.05, 4.69) is 0 Å². The van der Waals surface area contributed by atoms with Crippen LogP contribution < -0.4 is 14.2 Å². The van der Waals surface area contributed by atoms with E-state index in [4.69, 9.17) is 25.8 Å². The molecule has 0 unspecified atom stereocenters. The molecule has 2 aromatic carbocycles. The maximum atomic E-state index is 10.9. The fourth-order valence-corrected chi connectivity index (χ4v) is 2.35. The topological polar surface area (TPSA) is 70.8 Å². The summed E-state index contributed by atoms with van der Waals surface area (Å²) in [4.78, 5) is 10.4. The van der Waals surface area contributed by atoms with Crippen molar-refractivity contribution in [3.05, 3.63) is 56.6 Å². The average molecular weight is 350 g/mol. The van der Waals surface area contributed by atoms with Crippen molar-refractivity contribution < 1.29 is 19.1 Å². The molecule has 0 N–H and O–H groups in total. The van der Waals surface area contributed by atoms with E-state index in [1.165, 1.54) is 33.5 Å². The van der Waals surface area contributed by atoms with E-state index in [0.29, 0.717) is 22.8 Å². The van der Waals surface area contributed by atoms with Crippen LogP contribution >= 0.6 is 11.6 Å². The molecule has 0 aromatic heterocycles. The van der Waals surface area contributed by atoms with Gasteiger partial charge in [0.15, 0.2) is 11.5 Å². The molecule has 0 heterocycles. The summed E-state index contributed by atoms with van der Waals surface area (Å²) >= 11 is 5.81. The van der Waals surface area contributed by atoms with E-state index in [1.807, 2.05) is 0 Å². The van der Waals surface area contributed by atoms with E-state index in [-0.39, 0.29) is 10.7 Å². The van der Waals surface area contributed by atoms with Crippen LogP contribution in [0.1, 0.15) is 11.1 Å². The fraction of sp³-hybridized carbons (Fsp3) is 0.176. The summed E-state index contributed by atoms with van der Waals surface area (Å²) in [5.41, 5.74) is 1.31. The number of nitro benzene ring substituents is 1. The molecule has 0 saturated carbocycles. The van der Waals surface area contributed by atoms with Crippen LogP contribution in [0.2, 0.25) is 5.02 Å². The van der Waals surface area contributed by atoms with Crippen molar-refractivity contribution in [1.29, 1.82) is 0 Å². The third-order valence-electron chi connectivity index (χ3n) is 3.32. The Hall–Kier alpha value is -2.73. The minimum atomic E-state index is -0.515. The third kappa shape index (κ3) is 3.78. The van der Waals surface area contributed by atoms with Gasteiger partial charge in [0.1, 0.15) is 5.02 Å². The highest BCUT2D eigenvalue weighted by Gasteiger charge is 2.13. The zero-order chi connectivity index (χ0) is 17.7. The highest BCUT2D eigenvalue weighted by atomic mass is 35.5. The summed E-state index contributed by atoms with van der Waals surface area (Å²) in [6.45, 7) is 0. The summed E-state index contributed by atoms with van der Waals surface area (Å²) in [6.07, 6.45) is 3.53. The summed E-state index contributed by atoms with van der Waals surface area (Å²) in [7, 11) is 4.60. The molecule has 0 bridgehead atoms. The second-order valence-electron chi connectivity index (χ2n) is 4.76. The SMILES string of the molecule is COc1cc(/C=C/c2ccc(Cl)c([N+](=O)[O-])c2)cc(OC)c1OC. The Morgan fingerprint density at radius 1 is 0.958 bits per heavy atom. The average Bonchev–Trinajstić information content (AvgIpc) is 2.59. The van der Waals surface area contributed by atoms with Crippen molar-refractivity contribution in [1.82, 2.24) is 0 Å². The van der Waals surface area contributed by atoms with Gasteiger partial charge in [0.25, 0.3) is 5.69 Å². The lowest BCUT2D eigenvalue weighted by Gasteiger charge is -2.12. The van der Waals surface area contributed by atoms with Gasteiger partial charge >= 0.3 is 0 Å². The molecular formula is C17H16ClNO5. The number of hydrogen-bond acceptors (Lipinski definition) is 5. The molecule has 0 aliphatic rings. The molecule has 0 radical (unpaired) electrons. The van der Waals surface area contributed by atoms with Crippen LogP contribution in [-0.4, -0.2) is 26.3 Å². The van der Waals surface area contributed by atoms with Crippen molar-refractivity contribution in [3.8, 4) is 17.2 Å². The van der Waals surface area contributed by atoms with Gasteiger partial charge in [-0.3, -0.25) is 10.1 Å². The van der Waals surface area contributed by atoms with Gasteiger partial charge in [-0.2, -0.15) is 0 Å². The largest absolute Gasteiger partial charge is 0.493 e. The van der Waals surface area contributed by atoms with Gasteiger partial charge < -0.3 is 14.2 Å². The standard InChI is InChI=1S/C17H16ClNO5/c1-22-15-9-12(10-16(23-2)17(15)24-3)5-4-11-6-7-13(18)14(8-11)19(20)21/h4-10H,1-3H3/b5-4+. The molecule has 0 saturated heterocycles. The monoisotopic (exact) mass is 349 g/mol. The molecule has 24 heavy (non-hydrogen) atoms. The summed E-state index contributed by atoms with van der Waals surface area (Å²) in [5.74, 6) is 1.55. The van der Waals surface area contributed by atoms with Gasteiger partial charge in [-0.15, -0.1) is 0 Å². The zero-order valence-electron chi connectivity index (χ0n) is 13.4. The van der Waals surface area contributed by atoms with Crippen LogP contribution in [-0.2, 0) is 0 Å². The first-order valence-corrected chi connectivity index (χ1v) is 7.30. The third-order valence-corrected chi connectivity index (χ3v) is 3.64. The Morgan fingerprint density at radius 3 is 2.04 bits per heavy atom. The summed E-state index contributed by atoms with van der Waals surface area (Å²) < 4.78 is 15.9. The molecule has 2 rings (SSSR count). The van der Waals surface area contributed by atoms with Crippen LogP contribution in [0.15, 0.2) is 30.3 Å². The molecule has 126 valence electrons. The number of benzene rings is 2. The Bertz CT molecular complexity index is 764. The number of hydrogen-bond donors (Lipinski definition) is 0. The van der Waals surface area contributed by atoms with Gasteiger partial charge in [-0.25, -0.2) is 0 Å². The first-order valence-electron chi connectivity index (χ1n) is 6.92. The second kappa shape index (κ2) is 7.70. The zero-order valence-corrected chi connectivity index (χ0v) is 14.2. The molecule has 0 amide bonds. The molecule has 6 nitrogen and oxygen atoms in total. The van der Waals surface area contributed by atoms with Crippen LogP contribution in [0.5, 0.6) is 17.2 Å². The Balaban J connectivity index is 2.39. The number of ether oxygens (including phenoxy) is 3. The molecule has 2 aromatic rings. The lowest BCUT2D eigenvalue weighted by Crippen LogP contribution is -1.95. The van der Waals surface area contributed by atoms with Gasteiger partial charge in [0.2, 0.25) is 5.75 Å². The van der Waals surface area contributed by atoms with Gasteiger partial charge in [0.05, 0.1) is 26.3 Å². The highest BCUT2D eigenvalue weighted by molar-refractivity contribution is 6.32. The van der Waals surface area contributed by atoms with Gasteiger partial charge in [0, 0.05) is 6.07 Å². The minimum absolute atomic E-state index is 0.102. The fourth-order valence-electron chi connectivity index (χ4n) is 2.16. The predicted molar refractivity (Wildman–Crippen MR) is 93.1 cm³/mol. The van der Waals surface area contributed by atoms with Crippen molar-refractivity contribution in [2.75, 3.05) is 21.3 Å². The lowest BCUT2D eigenvalue weighted by molar-refractivity contribution is -0.384. The van der Waals surface area contributed by atoms with Crippen LogP contribution in [0, 0.1) is 10.1 Å². The minimum Gasteiger partial charge on any atom is -0.493 e. The number of halogens is 1. The van der Waals surface area contributed by atoms with Crippen molar-refractivity contribution in [2.24, 2.45) is 0 Å². The van der Waals surface area contributed by atoms with E-state index in [9.17, 15) is 10.1 Å². The maximum absolute atomic E-state index is 10.9. The second-order valence-corrected chi connectivity index (χ2v) is 5.17. The summed E-state index contributed by atoms with van der Waals surface area (Å²) in [5, 5.41) is 11.0. The van der Waals surface area contributed by atoms with E-state index >= 15 is 0 Å². The van der Waals surface area contributed by atoms with E-state index in [0.717, 1.165) is 5.56 Å². The molecule has 7 heteroatoms. The molecule has 0 atom stereocenters. The van der Waals surface area contributed by atoms with Crippen LogP contribution in [0.25, 0.3) is 12.2 Å². The van der Waals surface area contributed by atoms with Crippen LogP contribution in [0.4, 0.5) is 5.69 Å². The molecular weight excluding hydrogens is 334 g/mol. The number of nitrogens with zero attached hydrogens (tertiary/aromatic N) is 1. The van der Waals surface area contributed by atoms with Crippen molar-refractivity contribution in [2.45, 2.75) is 0 Å². The first-order chi connectivity index (χ1) is 11.5.